The Hall–Kier alpha value is -2.96. The van der Waals surface area contributed by atoms with E-state index in [9.17, 15) is 9.59 Å². The number of amides is 1. The maximum Gasteiger partial charge on any atom is 0.255 e. The third-order valence-electron chi connectivity index (χ3n) is 4.87. The molecule has 7 heteroatoms. The molecule has 4 rings (SSSR count). The number of carbonyl (C=O) groups excluding carboxylic acids is 1. The van der Waals surface area contributed by atoms with Crippen LogP contribution in [0.2, 0.25) is 0 Å². The summed E-state index contributed by atoms with van der Waals surface area (Å²) in [6, 6.07) is 7.55. The Labute approximate surface area is 144 Å². The topological polar surface area (TPSA) is 83.9 Å². The lowest BCUT2D eigenvalue weighted by Crippen LogP contribution is -2.41. The summed E-state index contributed by atoms with van der Waals surface area (Å²) in [6.07, 6.45) is 5.33. The second-order valence-corrected chi connectivity index (χ2v) is 6.43. The zero-order valence-electron chi connectivity index (χ0n) is 14.0. The van der Waals surface area contributed by atoms with Crippen molar-refractivity contribution in [2.24, 2.45) is 0 Å². The van der Waals surface area contributed by atoms with Crippen LogP contribution in [0, 0.1) is 6.92 Å². The van der Waals surface area contributed by atoms with Gasteiger partial charge in [0.1, 0.15) is 0 Å². The Morgan fingerprint density at radius 3 is 2.96 bits per heavy atom. The van der Waals surface area contributed by atoms with E-state index in [0.29, 0.717) is 29.7 Å². The highest BCUT2D eigenvalue weighted by molar-refractivity contribution is 6.07. The molecule has 1 aliphatic heterocycles. The summed E-state index contributed by atoms with van der Waals surface area (Å²) >= 11 is 0. The number of nitrogens with one attached hydrogen (secondary N) is 1. The lowest BCUT2D eigenvalue weighted by Gasteiger charge is -2.33. The first-order valence-corrected chi connectivity index (χ1v) is 8.42. The van der Waals surface area contributed by atoms with E-state index >= 15 is 0 Å². The van der Waals surface area contributed by atoms with Gasteiger partial charge in [-0.1, -0.05) is 23.4 Å². The van der Waals surface area contributed by atoms with Crippen LogP contribution in [0.5, 0.6) is 0 Å². The van der Waals surface area contributed by atoms with Crippen LogP contribution in [0.1, 0.15) is 34.8 Å². The van der Waals surface area contributed by atoms with Crippen LogP contribution in [0.3, 0.4) is 0 Å². The molecule has 0 saturated carbocycles. The van der Waals surface area contributed by atoms with Crippen molar-refractivity contribution in [3.63, 3.8) is 0 Å². The van der Waals surface area contributed by atoms with Crippen LogP contribution in [0.15, 0.2) is 41.5 Å². The van der Waals surface area contributed by atoms with Crippen LogP contribution < -0.4 is 5.56 Å². The van der Waals surface area contributed by atoms with Crippen LogP contribution in [-0.2, 0) is 0 Å². The van der Waals surface area contributed by atoms with E-state index in [1.165, 1.54) is 0 Å². The first-order valence-electron chi connectivity index (χ1n) is 8.42. The van der Waals surface area contributed by atoms with Gasteiger partial charge in [0.15, 0.2) is 0 Å². The fourth-order valence-corrected chi connectivity index (χ4v) is 3.54. The fourth-order valence-electron chi connectivity index (χ4n) is 3.54. The summed E-state index contributed by atoms with van der Waals surface area (Å²) in [5.41, 5.74) is 1.43. The van der Waals surface area contributed by atoms with Crippen LogP contribution in [0.4, 0.5) is 0 Å². The van der Waals surface area contributed by atoms with Gasteiger partial charge in [-0.3, -0.25) is 9.59 Å². The van der Waals surface area contributed by atoms with E-state index in [1.807, 2.05) is 40.0 Å². The predicted octanol–water partition coefficient (Wildman–Crippen LogP) is 1.91. The molecule has 0 bridgehead atoms. The van der Waals surface area contributed by atoms with Gasteiger partial charge in [0.2, 0.25) is 0 Å². The SMILES string of the molecule is Cc1c(C(=O)N2CCCC(n3ccnn3)C2)c2ccccc2[nH]c1=O. The minimum atomic E-state index is -0.216. The lowest BCUT2D eigenvalue weighted by molar-refractivity contribution is 0.0673. The average molecular weight is 337 g/mol. The van der Waals surface area contributed by atoms with Crippen molar-refractivity contribution >= 4 is 16.8 Å². The maximum atomic E-state index is 13.2. The molecule has 3 aromatic rings. The molecule has 0 spiro atoms. The monoisotopic (exact) mass is 337 g/mol. The van der Waals surface area contributed by atoms with Crippen molar-refractivity contribution in [2.45, 2.75) is 25.8 Å². The molecule has 128 valence electrons. The molecular weight excluding hydrogens is 318 g/mol. The zero-order chi connectivity index (χ0) is 17.4. The zero-order valence-corrected chi connectivity index (χ0v) is 14.0. The van der Waals surface area contributed by atoms with Crippen molar-refractivity contribution in [2.75, 3.05) is 13.1 Å². The molecule has 1 amide bonds. The molecule has 1 fully saturated rings. The fraction of sp³-hybridized carbons (Fsp3) is 0.333. The minimum Gasteiger partial charge on any atom is -0.336 e. The van der Waals surface area contributed by atoms with Gasteiger partial charge in [0, 0.05) is 35.8 Å². The smallest absolute Gasteiger partial charge is 0.255 e. The second-order valence-electron chi connectivity index (χ2n) is 6.43. The standard InChI is InChI=1S/C18H19N5O2/c1-12-16(14-6-2-3-7-15(14)20-17(12)24)18(25)22-9-4-5-13(11-22)23-10-8-19-21-23/h2-3,6-8,10,13H,4-5,9,11H2,1H3,(H,20,24). The number of carbonyl (C=O) groups is 1. The van der Waals surface area contributed by atoms with Gasteiger partial charge in [0.25, 0.3) is 11.5 Å². The van der Waals surface area contributed by atoms with Gasteiger partial charge in [-0.05, 0) is 25.8 Å². The van der Waals surface area contributed by atoms with E-state index in [2.05, 4.69) is 15.3 Å². The van der Waals surface area contributed by atoms with Crippen molar-refractivity contribution in [1.29, 1.82) is 0 Å². The quantitative estimate of drug-likeness (QED) is 0.774. The van der Waals surface area contributed by atoms with Crippen LogP contribution in [0.25, 0.3) is 10.9 Å². The molecular formula is C18H19N5O2. The highest BCUT2D eigenvalue weighted by Crippen LogP contribution is 2.25. The highest BCUT2D eigenvalue weighted by Gasteiger charge is 2.28. The Bertz CT molecular complexity index is 977. The van der Waals surface area contributed by atoms with Gasteiger partial charge in [-0.25, -0.2) is 4.68 Å². The molecule has 0 aliphatic carbocycles. The Balaban J connectivity index is 1.72. The van der Waals surface area contributed by atoms with Crippen molar-refractivity contribution in [3.05, 3.63) is 58.1 Å². The van der Waals surface area contributed by atoms with Gasteiger partial charge in [-0.2, -0.15) is 0 Å². The summed E-state index contributed by atoms with van der Waals surface area (Å²) in [4.78, 5) is 30.1. The number of para-hydroxylation sites is 1. The summed E-state index contributed by atoms with van der Waals surface area (Å²) < 4.78 is 1.81. The molecule has 2 aromatic heterocycles. The number of hydrogen-bond acceptors (Lipinski definition) is 4. The predicted molar refractivity (Wildman–Crippen MR) is 93.5 cm³/mol. The Kier molecular flexibility index (Phi) is 3.83. The molecule has 1 unspecified atom stereocenters. The summed E-state index contributed by atoms with van der Waals surface area (Å²) in [7, 11) is 0. The van der Waals surface area contributed by atoms with E-state index in [4.69, 9.17) is 0 Å². The Morgan fingerprint density at radius 2 is 2.16 bits per heavy atom. The van der Waals surface area contributed by atoms with Gasteiger partial charge < -0.3 is 9.88 Å². The molecule has 1 aliphatic rings. The van der Waals surface area contributed by atoms with Gasteiger partial charge in [0.05, 0.1) is 17.8 Å². The first kappa shape index (κ1) is 15.6. The molecule has 1 atom stereocenters. The molecule has 7 nitrogen and oxygen atoms in total. The molecule has 25 heavy (non-hydrogen) atoms. The third kappa shape index (κ3) is 2.71. The van der Waals surface area contributed by atoms with Crippen LogP contribution >= 0.6 is 0 Å². The number of nitrogens with zero attached hydrogens (tertiary/aromatic N) is 4. The number of pyridine rings is 1. The molecule has 1 N–H and O–H groups in total. The number of benzene rings is 1. The number of H-pyrrole nitrogens is 1. The van der Waals surface area contributed by atoms with Gasteiger partial charge >= 0.3 is 0 Å². The highest BCUT2D eigenvalue weighted by atomic mass is 16.2. The van der Waals surface area contributed by atoms with Crippen molar-refractivity contribution in [1.82, 2.24) is 24.9 Å². The largest absolute Gasteiger partial charge is 0.336 e. The van der Waals surface area contributed by atoms with Crippen molar-refractivity contribution < 1.29 is 4.79 Å². The molecule has 1 saturated heterocycles. The maximum absolute atomic E-state index is 13.2. The summed E-state index contributed by atoms with van der Waals surface area (Å²) in [5.74, 6) is -0.0929. The van der Waals surface area contributed by atoms with E-state index in [-0.39, 0.29) is 17.5 Å². The molecule has 1 aromatic carbocycles. The number of fused-ring (bicyclic) bond motifs is 1. The average Bonchev–Trinajstić information content (AvgIpc) is 3.17. The molecule has 3 heterocycles. The number of hydrogen-bond donors (Lipinski definition) is 1. The number of aromatic nitrogens is 4. The number of aromatic amines is 1. The van der Waals surface area contributed by atoms with E-state index in [1.54, 1.807) is 13.1 Å². The second kappa shape index (κ2) is 6.16. The first-order chi connectivity index (χ1) is 12.1. The Morgan fingerprint density at radius 1 is 1.32 bits per heavy atom. The number of piperidine rings is 1. The third-order valence-corrected chi connectivity index (χ3v) is 4.87. The number of likely N-dealkylation sites (tertiary alicyclic amines) is 1. The minimum absolute atomic E-state index is 0.0929. The number of rotatable bonds is 2. The van der Waals surface area contributed by atoms with E-state index in [0.717, 1.165) is 18.2 Å². The van der Waals surface area contributed by atoms with Crippen LogP contribution in [-0.4, -0.2) is 43.9 Å². The van der Waals surface area contributed by atoms with Crippen molar-refractivity contribution in [3.8, 4) is 0 Å². The summed E-state index contributed by atoms with van der Waals surface area (Å²) in [5, 5.41) is 8.70. The lowest BCUT2D eigenvalue weighted by atomic mass is 10.00. The molecule has 0 radical (unpaired) electrons. The van der Waals surface area contributed by atoms with Gasteiger partial charge in [-0.15, -0.1) is 5.10 Å². The normalized spacial score (nSPS) is 17.8. The summed E-state index contributed by atoms with van der Waals surface area (Å²) in [6.45, 7) is 2.96. The van der Waals surface area contributed by atoms with E-state index < -0.39 is 0 Å².